The van der Waals surface area contributed by atoms with Gasteiger partial charge in [0.15, 0.2) is 0 Å². The van der Waals surface area contributed by atoms with Crippen LogP contribution in [0.2, 0.25) is 0 Å². The molecule has 0 saturated carbocycles. The molecule has 4 heteroatoms. The zero-order chi connectivity index (χ0) is 14.3. The van der Waals surface area contributed by atoms with Gasteiger partial charge < -0.3 is 9.73 Å². The molecule has 2 aliphatic rings. The lowest BCUT2D eigenvalue weighted by atomic mass is 9.74. The Morgan fingerprint density at radius 2 is 2.05 bits per heavy atom. The van der Waals surface area contributed by atoms with Crippen molar-refractivity contribution in [2.24, 2.45) is 5.41 Å². The van der Waals surface area contributed by atoms with E-state index < -0.39 is 10.8 Å². The van der Waals surface area contributed by atoms with Gasteiger partial charge in [-0.25, -0.2) is 0 Å². The molecule has 20 heavy (non-hydrogen) atoms. The molecule has 1 aromatic heterocycles. The normalized spacial score (nSPS) is 32.9. The van der Waals surface area contributed by atoms with E-state index in [1.165, 1.54) is 5.56 Å². The van der Waals surface area contributed by atoms with Crippen molar-refractivity contribution in [3.8, 4) is 0 Å². The maximum absolute atomic E-state index is 11.5. The van der Waals surface area contributed by atoms with Gasteiger partial charge >= 0.3 is 0 Å². The highest BCUT2D eigenvalue weighted by molar-refractivity contribution is 7.85. The van der Waals surface area contributed by atoms with E-state index in [1.807, 2.05) is 6.92 Å². The standard InChI is InChI=1S/C16H25NO2S/c1-11-8-13-14(9-16(2,3)10-15(13)19-11)17-12-4-6-20(18)7-5-12/h8,12,14,17H,4-7,9-10H2,1-3H3. The smallest absolute Gasteiger partial charge is 0.109 e. The molecule has 1 aliphatic heterocycles. The first kappa shape index (κ1) is 14.3. The zero-order valence-electron chi connectivity index (χ0n) is 12.7. The molecule has 1 saturated heterocycles. The number of hydrogen-bond donors (Lipinski definition) is 1. The first-order valence-corrected chi connectivity index (χ1v) is 9.12. The maximum Gasteiger partial charge on any atom is 0.109 e. The Hall–Kier alpha value is -0.610. The fourth-order valence-corrected chi connectivity index (χ4v) is 4.88. The molecule has 0 bridgehead atoms. The van der Waals surface area contributed by atoms with Crippen molar-refractivity contribution in [1.82, 2.24) is 5.32 Å². The summed E-state index contributed by atoms with van der Waals surface area (Å²) in [6, 6.07) is 3.10. The van der Waals surface area contributed by atoms with Crippen LogP contribution in [-0.4, -0.2) is 21.8 Å². The second-order valence-corrected chi connectivity index (χ2v) is 8.82. The average Bonchev–Trinajstić information content (AvgIpc) is 2.71. The number of aryl methyl sites for hydroxylation is 1. The van der Waals surface area contributed by atoms with Gasteiger partial charge in [0, 0.05) is 46.4 Å². The van der Waals surface area contributed by atoms with E-state index in [0.717, 1.165) is 48.7 Å². The third-order valence-electron chi connectivity index (χ3n) is 4.56. The van der Waals surface area contributed by atoms with Crippen LogP contribution in [0.25, 0.3) is 0 Å². The molecule has 0 radical (unpaired) electrons. The number of rotatable bonds is 2. The highest BCUT2D eigenvalue weighted by Gasteiger charge is 2.36. The summed E-state index contributed by atoms with van der Waals surface area (Å²) in [6.45, 7) is 6.67. The van der Waals surface area contributed by atoms with E-state index >= 15 is 0 Å². The lowest BCUT2D eigenvalue weighted by molar-refractivity contribution is 0.221. The van der Waals surface area contributed by atoms with Gasteiger partial charge in [-0.05, 0) is 37.7 Å². The Balaban J connectivity index is 1.76. The van der Waals surface area contributed by atoms with E-state index in [2.05, 4.69) is 25.2 Å². The van der Waals surface area contributed by atoms with Crippen molar-refractivity contribution < 1.29 is 8.63 Å². The lowest BCUT2D eigenvalue weighted by Gasteiger charge is -2.37. The number of nitrogens with one attached hydrogen (secondary N) is 1. The Bertz CT molecular complexity index is 511. The molecule has 1 aliphatic carbocycles. The largest absolute Gasteiger partial charge is 0.466 e. The average molecular weight is 295 g/mol. The summed E-state index contributed by atoms with van der Waals surface area (Å²) in [5, 5.41) is 3.81. The minimum Gasteiger partial charge on any atom is -0.466 e. The van der Waals surface area contributed by atoms with Gasteiger partial charge in [-0.15, -0.1) is 0 Å². The monoisotopic (exact) mass is 295 g/mol. The molecule has 1 fully saturated rings. The van der Waals surface area contributed by atoms with Gasteiger partial charge in [-0.2, -0.15) is 0 Å². The zero-order valence-corrected chi connectivity index (χ0v) is 13.5. The summed E-state index contributed by atoms with van der Waals surface area (Å²) in [7, 11) is -0.582. The Labute approximate surface area is 124 Å². The van der Waals surface area contributed by atoms with Crippen LogP contribution in [0.15, 0.2) is 10.5 Å². The Morgan fingerprint density at radius 1 is 1.35 bits per heavy atom. The van der Waals surface area contributed by atoms with Crippen molar-refractivity contribution in [1.29, 1.82) is 0 Å². The first-order chi connectivity index (χ1) is 9.43. The number of furan rings is 1. The summed E-state index contributed by atoms with van der Waals surface area (Å²) in [4.78, 5) is 0. The second kappa shape index (κ2) is 5.30. The van der Waals surface area contributed by atoms with Crippen LogP contribution in [0.4, 0.5) is 0 Å². The van der Waals surface area contributed by atoms with Crippen LogP contribution >= 0.6 is 0 Å². The van der Waals surface area contributed by atoms with Crippen LogP contribution in [0.1, 0.15) is 56.2 Å². The molecule has 0 amide bonds. The molecule has 1 unspecified atom stereocenters. The molecule has 0 spiro atoms. The predicted molar refractivity (Wildman–Crippen MR) is 82.3 cm³/mol. The van der Waals surface area contributed by atoms with Gasteiger partial charge in [-0.1, -0.05) is 13.8 Å². The van der Waals surface area contributed by atoms with Crippen LogP contribution in [-0.2, 0) is 17.2 Å². The molecule has 1 N–H and O–H groups in total. The van der Waals surface area contributed by atoms with Gasteiger partial charge in [0.1, 0.15) is 11.5 Å². The van der Waals surface area contributed by atoms with Crippen LogP contribution in [0.5, 0.6) is 0 Å². The fourth-order valence-electron chi connectivity index (χ4n) is 3.58. The molecule has 0 aromatic carbocycles. The first-order valence-electron chi connectivity index (χ1n) is 7.63. The maximum atomic E-state index is 11.5. The summed E-state index contributed by atoms with van der Waals surface area (Å²) in [6.07, 6.45) is 4.26. The van der Waals surface area contributed by atoms with E-state index in [4.69, 9.17) is 4.42 Å². The minimum absolute atomic E-state index is 0.284. The predicted octanol–water partition coefficient (Wildman–Crippen LogP) is 3.10. The molecule has 1 aromatic rings. The highest BCUT2D eigenvalue weighted by atomic mass is 32.2. The topological polar surface area (TPSA) is 42.2 Å². The number of fused-ring (bicyclic) bond motifs is 1. The molecular formula is C16H25NO2S. The quantitative estimate of drug-likeness (QED) is 0.911. The van der Waals surface area contributed by atoms with Crippen LogP contribution < -0.4 is 5.32 Å². The molecule has 3 nitrogen and oxygen atoms in total. The van der Waals surface area contributed by atoms with E-state index in [9.17, 15) is 4.21 Å². The van der Waals surface area contributed by atoms with Crippen molar-refractivity contribution in [3.05, 3.63) is 23.2 Å². The second-order valence-electron chi connectivity index (χ2n) is 7.12. The van der Waals surface area contributed by atoms with Crippen molar-refractivity contribution in [3.63, 3.8) is 0 Å². The summed E-state index contributed by atoms with van der Waals surface area (Å²) in [5.41, 5.74) is 1.64. The molecule has 1 atom stereocenters. The SMILES string of the molecule is Cc1cc2c(o1)CC(C)(C)CC2NC1CCS(=O)CC1. The van der Waals surface area contributed by atoms with Crippen LogP contribution in [0, 0.1) is 12.3 Å². The Kier molecular flexibility index (Phi) is 3.80. The van der Waals surface area contributed by atoms with Crippen molar-refractivity contribution in [2.75, 3.05) is 11.5 Å². The highest BCUT2D eigenvalue weighted by Crippen LogP contribution is 2.42. The van der Waals surface area contributed by atoms with E-state index in [0.29, 0.717) is 12.1 Å². The summed E-state index contributed by atoms with van der Waals surface area (Å²) >= 11 is 0. The van der Waals surface area contributed by atoms with Crippen molar-refractivity contribution in [2.45, 2.75) is 58.5 Å². The van der Waals surface area contributed by atoms with E-state index in [-0.39, 0.29) is 5.41 Å². The molecule has 2 heterocycles. The Morgan fingerprint density at radius 3 is 2.75 bits per heavy atom. The van der Waals surface area contributed by atoms with Gasteiger partial charge in [0.2, 0.25) is 0 Å². The van der Waals surface area contributed by atoms with Crippen molar-refractivity contribution >= 4 is 10.8 Å². The molecule has 3 rings (SSSR count). The third kappa shape index (κ3) is 3.01. The summed E-state index contributed by atoms with van der Waals surface area (Å²) in [5.74, 6) is 3.88. The van der Waals surface area contributed by atoms with Gasteiger partial charge in [-0.3, -0.25) is 4.21 Å². The molecule has 112 valence electrons. The number of hydrogen-bond acceptors (Lipinski definition) is 3. The minimum atomic E-state index is -0.582. The fraction of sp³-hybridized carbons (Fsp3) is 0.750. The van der Waals surface area contributed by atoms with Gasteiger partial charge in [0.25, 0.3) is 0 Å². The van der Waals surface area contributed by atoms with Gasteiger partial charge in [0.05, 0.1) is 0 Å². The summed E-state index contributed by atoms with van der Waals surface area (Å²) < 4.78 is 17.4. The lowest BCUT2D eigenvalue weighted by Crippen LogP contribution is -2.41. The third-order valence-corrected chi connectivity index (χ3v) is 5.94. The van der Waals surface area contributed by atoms with Crippen LogP contribution in [0.3, 0.4) is 0 Å². The molecular weight excluding hydrogens is 270 g/mol. The van der Waals surface area contributed by atoms with E-state index in [1.54, 1.807) is 0 Å².